The van der Waals surface area contributed by atoms with E-state index in [2.05, 4.69) is 0 Å². The summed E-state index contributed by atoms with van der Waals surface area (Å²) in [5.41, 5.74) is 0. The fourth-order valence-electron chi connectivity index (χ4n) is 1.61. The van der Waals surface area contributed by atoms with Gasteiger partial charge in [-0.1, -0.05) is 18.2 Å². The summed E-state index contributed by atoms with van der Waals surface area (Å²) in [5, 5.41) is 0. The van der Waals surface area contributed by atoms with E-state index in [1.165, 1.54) is 12.1 Å². The standard InChI is InChI=1S/C15H15FO3/c1-17-14-7-2-3-8-15(14)19-10-9-18-13-6-4-5-12(16)11-13/h2-8,11H,9-10H2,1H3. The number of ether oxygens (including phenoxy) is 3. The molecule has 0 bridgehead atoms. The van der Waals surface area contributed by atoms with Gasteiger partial charge in [0.2, 0.25) is 0 Å². The van der Waals surface area contributed by atoms with Gasteiger partial charge in [0.25, 0.3) is 0 Å². The zero-order chi connectivity index (χ0) is 13.5. The summed E-state index contributed by atoms with van der Waals surface area (Å²) in [6, 6.07) is 13.4. The average Bonchev–Trinajstić information content (AvgIpc) is 2.44. The molecule has 4 heteroatoms. The number of benzene rings is 2. The first-order valence-electron chi connectivity index (χ1n) is 5.94. The van der Waals surface area contributed by atoms with E-state index in [9.17, 15) is 4.39 Å². The summed E-state index contributed by atoms with van der Waals surface area (Å²) >= 11 is 0. The van der Waals surface area contributed by atoms with Gasteiger partial charge in [-0.05, 0) is 24.3 Å². The molecule has 100 valence electrons. The van der Waals surface area contributed by atoms with Crippen LogP contribution >= 0.6 is 0 Å². The van der Waals surface area contributed by atoms with Crippen molar-refractivity contribution < 1.29 is 18.6 Å². The Balaban J connectivity index is 1.81. The summed E-state index contributed by atoms with van der Waals surface area (Å²) < 4.78 is 29.0. The van der Waals surface area contributed by atoms with E-state index in [0.717, 1.165) is 0 Å². The van der Waals surface area contributed by atoms with Crippen molar-refractivity contribution in [3.63, 3.8) is 0 Å². The second-order valence-corrected chi connectivity index (χ2v) is 3.81. The molecule has 0 radical (unpaired) electrons. The average molecular weight is 262 g/mol. The van der Waals surface area contributed by atoms with Crippen molar-refractivity contribution in [1.29, 1.82) is 0 Å². The molecule has 0 fully saturated rings. The van der Waals surface area contributed by atoms with Gasteiger partial charge in [0.1, 0.15) is 24.8 Å². The maximum absolute atomic E-state index is 12.9. The Hall–Kier alpha value is -2.23. The van der Waals surface area contributed by atoms with Crippen LogP contribution in [-0.2, 0) is 0 Å². The van der Waals surface area contributed by atoms with Gasteiger partial charge in [0.05, 0.1) is 7.11 Å². The van der Waals surface area contributed by atoms with Crippen LogP contribution in [0.3, 0.4) is 0 Å². The molecule has 0 saturated carbocycles. The van der Waals surface area contributed by atoms with Crippen molar-refractivity contribution >= 4 is 0 Å². The van der Waals surface area contributed by atoms with Crippen LogP contribution in [-0.4, -0.2) is 20.3 Å². The second kappa shape index (κ2) is 6.64. The summed E-state index contributed by atoms with van der Waals surface area (Å²) in [7, 11) is 1.59. The van der Waals surface area contributed by atoms with Crippen LogP contribution in [0.5, 0.6) is 17.2 Å². The second-order valence-electron chi connectivity index (χ2n) is 3.81. The Morgan fingerprint density at radius 3 is 2.37 bits per heavy atom. The minimum Gasteiger partial charge on any atom is -0.493 e. The van der Waals surface area contributed by atoms with Crippen LogP contribution < -0.4 is 14.2 Å². The van der Waals surface area contributed by atoms with E-state index in [0.29, 0.717) is 30.5 Å². The monoisotopic (exact) mass is 262 g/mol. The van der Waals surface area contributed by atoms with E-state index in [1.54, 1.807) is 19.2 Å². The lowest BCUT2D eigenvalue weighted by Crippen LogP contribution is -2.09. The van der Waals surface area contributed by atoms with Crippen LogP contribution in [0.1, 0.15) is 0 Å². The van der Waals surface area contributed by atoms with Gasteiger partial charge in [-0.3, -0.25) is 0 Å². The lowest BCUT2D eigenvalue weighted by molar-refractivity contribution is 0.211. The predicted octanol–water partition coefficient (Wildman–Crippen LogP) is 3.29. The smallest absolute Gasteiger partial charge is 0.161 e. The Labute approximate surface area is 111 Å². The first-order chi connectivity index (χ1) is 9.29. The van der Waals surface area contributed by atoms with Crippen LogP contribution in [0.2, 0.25) is 0 Å². The third kappa shape index (κ3) is 3.88. The minimum atomic E-state index is -0.317. The number of para-hydroxylation sites is 2. The van der Waals surface area contributed by atoms with E-state index >= 15 is 0 Å². The van der Waals surface area contributed by atoms with E-state index in [1.807, 2.05) is 24.3 Å². The molecular formula is C15H15FO3. The molecule has 0 aliphatic carbocycles. The number of methoxy groups -OCH3 is 1. The number of halogens is 1. The van der Waals surface area contributed by atoms with E-state index in [4.69, 9.17) is 14.2 Å². The normalized spacial score (nSPS) is 10.0. The topological polar surface area (TPSA) is 27.7 Å². The molecule has 0 aliphatic rings. The van der Waals surface area contributed by atoms with Gasteiger partial charge in [0, 0.05) is 6.07 Å². The van der Waals surface area contributed by atoms with Gasteiger partial charge in [-0.25, -0.2) is 4.39 Å². The molecule has 3 nitrogen and oxygen atoms in total. The third-order valence-electron chi connectivity index (χ3n) is 2.47. The van der Waals surface area contributed by atoms with Crippen molar-refractivity contribution in [3.05, 3.63) is 54.3 Å². The summed E-state index contributed by atoms with van der Waals surface area (Å²) in [4.78, 5) is 0. The van der Waals surface area contributed by atoms with Crippen LogP contribution in [0.25, 0.3) is 0 Å². The highest BCUT2D eigenvalue weighted by molar-refractivity contribution is 5.39. The molecule has 0 amide bonds. The lowest BCUT2D eigenvalue weighted by Gasteiger charge is -2.11. The SMILES string of the molecule is COc1ccccc1OCCOc1cccc(F)c1. The van der Waals surface area contributed by atoms with Crippen molar-refractivity contribution in [3.8, 4) is 17.2 Å². The third-order valence-corrected chi connectivity index (χ3v) is 2.47. The molecule has 2 aromatic rings. The number of hydrogen-bond acceptors (Lipinski definition) is 3. The fraction of sp³-hybridized carbons (Fsp3) is 0.200. The first kappa shape index (κ1) is 13.2. The largest absolute Gasteiger partial charge is 0.493 e. The van der Waals surface area contributed by atoms with Gasteiger partial charge in [-0.2, -0.15) is 0 Å². The summed E-state index contributed by atoms with van der Waals surface area (Å²) in [6.07, 6.45) is 0. The molecule has 0 saturated heterocycles. The molecule has 0 N–H and O–H groups in total. The van der Waals surface area contributed by atoms with Crippen LogP contribution in [0.4, 0.5) is 4.39 Å². The molecule has 0 unspecified atom stereocenters. The Morgan fingerprint density at radius 1 is 0.895 bits per heavy atom. The predicted molar refractivity (Wildman–Crippen MR) is 70.4 cm³/mol. The Morgan fingerprint density at radius 2 is 1.63 bits per heavy atom. The van der Waals surface area contributed by atoms with Crippen LogP contribution in [0, 0.1) is 5.82 Å². The van der Waals surface area contributed by atoms with Gasteiger partial charge >= 0.3 is 0 Å². The van der Waals surface area contributed by atoms with Gasteiger partial charge < -0.3 is 14.2 Å². The maximum atomic E-state index is 12.9. The lowest BCUT2D eigenvalue weighted by atomic mass is 10.3. The fourth-order valence-corrected chi connectivity index (χ4v) is 1.61. The molecule has 2 rings (SSSR count). The zero-order valence-electron chi connectivity index (χ0n) is 10.6. The Kier molecular flexibility index (Phi) is 4.61. The van der Waals surface area contributed by atoms with Gasteiger partial charge in [0.15, 0.2) is 11.5 Å². The van der Waals surface area contributed by atoms with Crippen molar-refractivity contribution in [2.75, 3.05) is 20.3 Å². The van der Waals surface area contributed by atoms with Crippen molar-refractivity contribution in [2.45, 2.75) is 0 Å². The number of hydrogen-bond donors (Lipinski definition) is 0. The molecule has 19 heavy (non-hydrogen) atoms. The van der Waals surface area contributed by atoms with Crippen molar-refractivity contribution in [1.82, 2.24) is 0 Å². The highest BCUT2D eigenvalue weighted by atomic mass is 19.1. The molecule has 0 heterocycles. The first-order valence-corrected chi connectivity index (χ1v) is 5.94. The van der Waals surface area contributed by atoms with Gasteiger partial charge in [-0.15, -0.1) is 0 Å². The highest BCUT2D eigenvalue weighted by Gasteiger charge is 2.02. The van der Waals surface area contributed by atoms with Crippen LogP contribution in [0.15, 0.2) is 48.5 Å². The molecule has 0 aliphatic heterocycles. The quantitative estimate of drug-likeness (QED) is 0.748. The molecule has 0 aromatic heterocycles. The highest BCUT2D eigenvalue weighted by Crippen LogP contribution is 2.25. The molecule has 0 spiro atoms. The summed E-state index contributed by atoms with van der Waals surface area (Å²) in [6.45, 7) is 0.693. The minimum absolute atomic E-state index is 0.317. The number of rotatable bonds is 6. The molecule has 2 aromatic carbocycles. The maximum Gasteiger partial charge on any atom is 0.161 e. The molecule has 0 atom stereocenters. The Bertz CT molecular complexity index is 528. The van der Waals surface area contributed by atoms with E-state index in [-0.39, 0.29) is 5.82 Å². The van der Waals surface area contributed by atoms with E-state index < -0.39 is 0 Å². The zero-order valence-corrected chi connectivity index (χ0v) is 10.6. The molecular weight excluding hydrogens is 247 g/mol. The van der Waals surface area contributed by atoms with Crippen molar-refractivity contribution in [2.24, 2.45) is 0 Å². The summed E-state index contributed by atoms with van der Waals surface area (Å²) in [5.74, 6) is 1.51.